The molecule has 1 unspecified atom stereocenters. The number of carbonyl (C=O) groups is 1. The first-order valence-electron chi connectivity index (χ1n) is 6.49. The number of unbranched alkanes of at least 4 members (excludes halogenated alkanes) is 1. The van der Waals surface area contributed by atoms with Crippen molar-refractivity contribution in [2.45, 2.75) is 51.2 Å². The van der Waals surface area contributed by atoms with E-state index in [4.69, 9.17) is 0 Å². The zero-order chi connectivity index (χ0) is 13.6. The number of nitrogens with zero attached hydrogens (tertiary/aromatic N) is 1. The van der Waals surface area contributed by atoms with Gasteiger partial charge in [0.1, 0.15) is 0 Å². The highest BCUT2D eigenvalue weighted by Gasteiger charge is 2.26. The second kappa shape index (κ2) is 6.97. The summed E-state index contributed by atoms with van der Waals surface area (Å²) in [6.07, 6.45) is -2.17. The van der Waals surface area contributed by atoms with Crippen LogP contribution in [0.25, 0.3) is 0 Å². The normalized spacial score (nSPS) is 18.1. The average Bonchev–Trinajstić information content (AvgIpc) is 2.79. The van der Waals surface area contributed by atoms with Crippen molar-refractivity contribution >= 4 is 5.91 Å². The Labute approximate surface area is 106 Å². The van der Waals surface area contributed by atoms with E-state index in [-0.39, 0.29) is 18.4 Å². The SMILES string of the molecule is CC(NCCCCC(F)(F)F)C(=O)N1CCCC1. The first-order chi connectivity index (χ1) is 8.40. The van der Waals surface area contributed by atoms with Gasteiger partial charge in [0.05, 0.1) is 6.04 Å². The predicted octanol–water partition coefficient (Wildman–Crippen LogP) is 2.32. The van der Waals surface area contributed by atoms with Crippen LogP contribution in [0.2, 0.25) is 0 Å². The second-order valence-corrected chi connectivity index (χ2v) is 4.78. The van der Waals surface area contributed by atoms with Crippen LogP contribution in [0.5, 0.6) is 0 Å². The minimum absolute atomic E-state index is 0.0586. The maximum Gasteiger partial charge on any atom is 0.389 e. The van der Waals surface area contributed by atoms with Crippen molar-refractivity contribution in [3.63, 3.8) is 0 Å². The molecule has 0 aromatic rings. The monoisotopic (exact) mass is 266 g/mol. The summed E-state index contributed by atoms with van der Waals surface area (Å²) in [6.45, 7) is 3.83. The first kappa shape index (κ1) is 15.3. The Hall–Kier alpha value is -0.780. The number of hydrogen-bond donors (Lipinski definition) is 1. The Morgan fingerprint density at radius 1 is 1.28 bits per heavy atom. The van der Waals surface area contributed by atoms with Crippen molar-refractivity contribution < 1.29 is 18.0 Å². The molecule has 0 aromatic heterocycles. The molecule has 1 saturated heterocycles. The molecule has 1 heterocycles. The maximum atomic E-state index is 11.9. The number of amides is 1. The molecular formula is C12H21F3N2O. The molecular weight excluding hydrogens is 245 g/mol. The van der Waals surface area contributed by atoms with Crippen molar-refractivity contribution in [2.24, 2.45) is 0 Å². The first-order valence-corrected chi connectivity index (χ1v) is 6.49. The Morgan fingerprint density at radius 2 is 1.89 bits per heavy atom. The van der Waals surface area contributed by atoms with Crippen LogP contribution in [-0.4, -0.2) is 42.7 Å². The quantitative estimate of drug-likeness (QED) is 0.748. The van der Waals surface area contributed by atoms with Crippen molar-refractivity contribution in [3.8, 4) is 0 Å². The molecule has 106 valence electrons. The number of rotatable bonds is 6. The molecule has 1 N–H and O–H groups in total. The minimum Gasteiger partial charge on any atom is -0.341 e. The van der Waals surface area contributed by atoms with Gasteiger partial charge in [-0.25, -0.2) is 0 Å². The molecule has 1 aliphatic heterocycles. The van der Waals surface area contributed by atoms with Gasteiger partial charge in [-0.2, -0.15) is 13.2 Å². The number of hydrogen-bond acceptors (Lipinski definition) is 2. The summed E-state index contributed by atoms with van der Waals surface area (Å²) in [6, 6.07) is -0.297. The van der Waals surface area contributed by atoms with E-state index >= 15 is 0 Å². The Bertz CT molecular complexity index is 263. The van der Waals surface area contributed by atoms with Crippen LogP contribution in [-0.2, 0) is 4.79 Å². The van der Waals surface area contributed by atoms with Crippen molar-refractivity contribution in [1.29, 1.82) is 0 Å². The van der Waals surface area contributed by atoms with Gasteiger partial charge in [-0.05, 0) is 39.2 Å². The van der Waals surface area contributed by atoms with Gasteiger partial charge in [-0.3, -0.25) is 4.79 Å². The molecule has 1 fully saturated rings. The lowest BCUT2D eigenvalue weighted by Crippen LogP contribution is -2.43. The molecule has 3 nitrogen and oxygen atoms in total. The summed E-state index contributed by atoms with van der Waals surface area (Å²) in [5, 5.41) is 2.99. The topological polar surface area (TPSA) is 32.3 Å². The number of alkyl halides is 3. The lowest BCUT2D eigenvalue weighted by Gasteiger charge is -2.21. The zero-order valence-corrected chi connectivity index (χ0v) is 10.7. The molecule has 1 aliphatic rings. The zero-order valence-electron chi connectivity index (χ0n) is 10.7. The third-order valence-electron chi connectivity index (χ3n) is 3.13. The fourth-order valence-corrected chi connectivity index (χ4v) is 2.07. The highest BCUT2D eigenvalue weighted by molar-refractivity contribution is 5.81. The van der Waals surface area contributed by atoms with Gasteiger partial charge in [0.15, 0.2) is 0 Å². The van der Waals surface area contributed by atoms with Crippen LogP contribution in [0.15, 0.2) is 0 Å². The highest BCUT2D eigenvalue weighted by atomic mass is 19.4. The van der Waals surface area contributed by atoms with E-state index < -0.39 is 12.6 Å². The molecule has 0 bridgehead atoms. The average molecular weight is 266 g/mol. The van der Waals surface area contributed by atoms with Gasteiger partial charge in [-0.15, -0.1) is 0 Å². The standard InChI is InChI=1S/C12H21F3N2O/c1-10(11(18)17-8-4-5-9-17)16-7-3-2-6-12(13,14)15/h10,16H,2-9H2,1H3. The highest BCUT2D eigenvalue weighted by Crippen LogP contribution is 2.21. The summed E-state index contributed by atoms with van der Waals surface area (Å²) in [5.74, 6) is 0.0586. The molecule has 0 aliphatic carbocycles. The van der Waals surface area contributed by atoms with Crippen molar-refractivity contribution in [2.75, 3.05) is 19.6 Å². The fourth-order valence-electron chi connectivity index (χ4n) is 2.07. The number of halogens is 3. The maximum absolute atomic E-state index is 11.9. The number of nitrogens with one attached hydrogen (secondary N) is 1. The van der Waals surface area contributed by atoms with E-state index in [1.807, 2.05) is 4.90 Å². The van der Waals surface area contributed by atoms with E-state index in [9.17, 15) is 18.0 Å². The van der Waals surface area contributed by atoms with E-state index in [0.29, 0.717) is 13.0 Å². The Balaban J connectivity index is 2.09. The largest absolute Gasteiger partial charge is 0.389 e. The molecule has 1 atom stereocenters. The van der Waals surface area contributed by atoms with Crippen LogP contribution >= 0.6 is 0 Å². The van der Waals surface area contributed by atoms with Gasteiger partial charge in [0.2, 0.25) is 5.91 Å². The van der Waals surface area contributed by atoms with Crippen LogP contribution < -0.4 is 5.32 Å². The van der Waals surface area contributed by atoms with Crippen molar-refractivity contribution in [3.05, 3.63) is 0 Å². The van der Waals surface area contributed by atoms with E-state index in [1.54, 1.807) is 6.92 Å². The van der Waals surface area contributed by atoms with Crippen LogP contribution in [0, 0.1) is 0 Å². The Morgan fingerprint density at radius 3 is 2.44 bits per heavy atom. The lowest BCUT2D eigenvalue weighted by molar-refractivity contribution is -0.136. The summed E-state index contributed by atoms with van der Waals surface area (Å²) < 4.78 is 35.7. The summed E-state index contributed by atoms with van der Waals surface area (Å²) in [4.78, 5) is 13.7. The molecule has 1 amide bonds. The molecule has 6 heteroatoms. The molecule has 0 saturated carbocycles. The van der Waals surface area contributed by atoms with E-state index in [0.717, 1.165) is 25.9 Å². The third kappa shape index (κ3) is 5.71. The molecule has 0 radical (unpaired) electrons. The molecule has 1 rings (SSSR count). The van der Waals surface area contributed by atoms with E-state index in [2.05, 4.69) is 5.32 Å². The smallest absolute Gasteiger partial charge is 0.341 e. The van der Waals surface area contributed by atoms with Gasteiger partial charge in [0, 0.05) is 19.5 Å². The predicted molar refractivity (Wildman–Crippen MR) is 63.2 cm³/mol. The summed E-state index contributed by atoms with van der Waals surface area (Å²) in [7, 11) is 0. The van der Waals surface area contributed by atoms with Gasteiger partial charge >= 0.3 is 6.18 Å². The van der Waals surface area contributed by atoms with Crippen molar-refractivity contribution in [1.82, 2.24) is 10.2 Å². The van der Waals surface area contributed by atoms with Crippen LogP contribution in [0.4, 0.5) is 13.2 Å². The van der Waals surface area contributed by atoms with Crippen LogP contribution in [0.3, 0.4) is 0 Å². The number of likely N-dealkylation sites (tertiary alicyclic amines) is 1. The lowest BCUT2D eigenvalue weighted by atomic mass is 10.2. The van der Waals surface area contributed by atoms with E-state index in [1.165, 1.54) is 0 Å². The summed E-state index contributed by atoms with van der Waals surface area (Å²) in [5.41, 5.74) is 0. The third-order valence-corrected chi connectivity index (χ3v) is 3.13. The van der Waals surface area contributed by atoms with Gasteiger partial charge < -0.3 is 10.2 Å². The van der Waals surface area contributed by atoms with Crippen LogP contribution in [0.1, 0.15) is 39.0 Å². The fraction of sp³-hybridized carbons (Fsp3) is 0.917. The van der Waals surface area contributed by atoms with Gasteiger partial charge in [-0.1, -0.05) is 0 Å². The summed E-state index contributed by atoms with van der Waals surface area (Å²) >= 11 is 0. The minimum atomic E-state index is -4.07. The molecule has 0 aromatic carbocycles. The second-order valence-electron chi connectivity index (χ2n) is 4.78. The van der Waals surface area contributed by atoms with Gasteiger partial charge in [0.25, 0.3) is 0 Å². The molecule has 0 spiro atoms. The molecule has 18 heavy (non-hydrogen) atoms. The number of carbonyl (C=O) groups excluding carboxylic acids is 1. The Kier molecular flexibility index (Phi) is 5.91.